The van der Waals surface area contributed by atoms with Gasteiger partial charge in [0.05, 0.1) is 9.26 Å². The number of aromatic nitrogens is 2. The number of rotatable bonds is 3. The van der Waals surface area contributed by atoms with Crippen molar-refractivity contribution in [3.8, 4) is 0 Å². The molecule has 1 aromatic rings. The molecule has 0 amide bonds. The topological polar surface area (TPSA) is 41.1 Å². The first kappa shape index (κ1) is 12.6. The summed E-state index contributed by atoms with van der Waals surface area (Å²) >= 11 is 2.41. The van der Waals surface area contributed by atoms with Crippen LogP contribution >= 0.6 is 22.6 Å². The molecule has 1 N–H and O–H groups in total. The van der Waals surface area contributed by atoms with Gasteiger partial charge in [0.2, 0.25) is 0 Å². The number of nitrogens with one attached hydrogen (secondary N) is 1. The molecule has 2 unspecified atom stereocenters. The van der Waals surface area contributed by atoms with E-state index in [2.05, 4.69) is 56.6 Å². The maximum Gasteiger partial charge on any atom is 0.145 e. The van der Waals surface area contributed by atoms with Crippen LogP contribution in [0.2, 0.25) is 0 Å². The first-order valence-electron chi connectivity index (χ1n) is 6.64. The van der Waals surface area contributed by atoms with E-state index in [0.717, 1.165) is 25.3 Å². The molecular weight excluding hydrogens is 339 g/mol. The molecule has 2 bridgehead atoms. The van der Waals surface area contributed by atoms with Gasteiger partial charge < -0.3 is 10.2 Å². The lowest BCUT2D eigenvalue weighted by atomic mass is 9.91. The Hall–Kier alpha value is -0.430. The summed E-state index contributed by atoms with van der Waals surface area (Å²) in [4.78, 5) is 11.4. The number of piperidine rings is 1. The van der Waals surface area contributed by atoms with E-state index >= 15 is 0 Å². The summed E-state index contributed by atoms with van der Waals surface area (Å²) in [5.41, 5.74) is 1.20. The van der Waals surface area contributed by atoms with E-state index in [0.29, 0.717) is 18.0 Å². The van der Waals surface area contributed by atoms with E-state index < -0.39 is 0 Å². The van der Waals surface area contributed by atoms with Crippen LogP contribution in [0.4, 0.5) is 5.82 Å². The number of fused-ring (bicyclic) bond motifs is 2. The molecule has 3 saturated heterocycles. The summed E-state index contributed by atoms with van der Waals surface area (Å²) in [6.07, 6.45) is 4.09. The number of hydrogen-bond acceptors (Lipinski definition) is 4. The minimum absolute atomic E-state index is 0.637. The Bertz CT molecular complexity index is 433. The Morgan fingerprint density at radius 3 is 2.67 bits per heavy atom. The van der Waals surface area contributed by atoms with E-state index in [-0.39, 0.29) is 0 Å². The molecule has 4 nitrogen and oxygen atoms in total. The van der Waals surface area contributed by atoms with Crippen LogP contribution in [0.5, 0.6) is 0 Å². The van der Waals surface area contributed by atoms with Crippen molar-refractivity contribution in [3.63, 3.8) is 0 Å². The Balaban J connectivity index is 1.83. The third-order valence-electron chi connectivity index (χ3n) is 3.67. The fourth-order valence-corrected chi connectivity index (χ4v) is 3.67. The second-order valence-electron chi connectivity index (χ2n) is 5.76. The highest BCUT2D eigenvalue weighted by atomic mass is 127. The lowest BCUT2D eigenvalue weighted by Gasteiger charge is -2.48. The molecular formula is C13H19IN4. The maximum absolute atomic E-state index is 4.50. The van der Waals surface area contributed by atoms with Crippen LogP contribution in [-0.4, -0.2) is 35.1 Å². The summed E-state index contributed by atoms with van der Waals surface area (Å²) in [6, 6.07) is 1.34. The maximum atomic E-state index is 4.50. The van der Waals surface area contributed by atoms with Crippen LogP contribution in [-0.2, 0) is 6.42 Å². The quantitative estimate of drug-likeness (QED) is 0.838. The molecule has 18 heavy (non-hydrogen) atoms. The van der Waals surface area contributed by atoms with Crippen LogP contribution < -0.4 is 10.2 Å². The molecule has 3 fully saturated rings. The lowest BCUT2D eigenvalue weighted by molar-refractivity contribution is 0.225. The standard InChI is InChI=1S/C13H19IN4/c1-8(2)3-11-12(14)13(16-7-15-11)18-5-9-4-10(6-18)17-9/h7-10,17H,3-6H2,1-2H3. The molecule has 0 aliphatic carbocycles. The molecule has 4 rings (SSSR count). The largest absolute Gasteiger partial charge is 0.353 e. The molecule has 2 atom stereocenters. The Kier molecular flexibility index (Phi) is 3.44. The van der Waals surface area contributed by atoms with Crippen molar-refractivity contribution in [2.75, 3.05) is 18.0 Å². The van der Waals surface area contributed by atoms with E-state index in [9.17, 15) is 0 Å². The Morgan fingerprint density at radius 1 is 1.39 bits per heavy atom. The van der Waals surface area contributed by atoms with Crippen molar-refractivity contribution in [3.05, 3.63) is 15.6 Å². The third-order valence-corrected chi connectivity index (χ3v) is 4.77. The van der Waals surface area contributed by atoms with Gasteiger partial charge in [-0.15, -0.1) is 0 Å². The van der Waals surface area contributed by atoms with Gasteiger partial charge >= 0.3 is 0 Å². The van der Waals surface area contributed by atoms with Crippen molar-refractivity contribution in [2.45, 2.75) is 38.8 Å². The first-order valence-corrected chi connectivity index (χ1v) is 7.71. The van der Waals surface area contributed by atoms with Crippen molar-refractivity contribution < 1.29 is 0 Å². The smallest absolute Gasteiger partial charge is 0.145 e. The summed E-state index contributed by atoms with van der Waals surface area (Å²) in [5, 5.41) is 3.56. The zero-order valence-corrected chi connectivity index (χ0v) is 13.0. The van der Waals surface area contributed by atoms with Crippen LogP contribution in [0, 0.1) is 9.49 Å². The molecule has 3 aliphatic heterocycles. The molecule has 0 aromatic carbocycles. The van der Waals surface area contributed by atoms with Crippen molar-refractivity contribution in [1.82, 2.24) is 15.3 Å². The fourth-order valence-electron chi connectivity index (χ4n) is 2.83. The minimum atomic E-state index is 0.637. The van der Waals surface area contributed by atoms with Gasteiger partial charge in [-0.2, -0.15) is 0 Å². The fraction of sp³-hybridized carbons (Fsp3) is 0.692. The van der Waals surface area contributed by atoms with Crippen LogP contribution in [0.1, 0.15) is 26.0 Å². The number of anilines is 1. The summed E-state index contributed by atoms with van der Waals surface area (Å²) < 4.78 is 1.24. The van der Waals surface area contributed by atoms with Gasteiger partial charge in [0.25, 0.3) is 0 Å². The average Bonchev–Trinajstić information content (AvgIpc) is 2.30. The minimum Gasteiger partial charge on any atom is -0.353 e. The molecule has 1 aromatic heterocycles. The van der Waals surface area contributed by atoms with Gasteiger partial charge in [-0.25, -0.2) is 9.97 Å². The zero-order chi connectivity index (χ0) is 12.7. The van der Waals surface area contributed by atoms with Crippen molar-refractivity contribution in [2.24, 2.45) is 5.92 Å². The van der Waals surface area contributed by atoms with Gasteiger partial charge in [-0.05, 0) is 41.4 Å². The van der Waals surface area contributed by atoms with Gasteiger partial charge in [0.1, 0.15) is 12.1 Å². The van der Waals surface area contributed by atoms with Gasteiger partial charge in [0.15, 0.2) is 0 Å². The van der Waals surface area contributed by atoms with Crippen molar-refractivity contribution in [1.29, 1.82) is 0 Å². The number of halogens is 1. The van der Waals surface area contributed by atoms with Crippen LogP contribution in [0.15, 0.2) is 6.33 Å². The highest BCUT2D eigenvalue weighted by Crippen LogP contribution is 2.29. The predicted molar refractivity (Wildman–Crippen MR) is 80.8 cm³/mol. The highest BCUT2D eigenvalue weighted by Gasteiger charge is 2.37. The van der Waals surface area contributed by atoms with Gasteiger partial charge in [-0.1, -0.05) is 13.8 Å². The molecule has 0 saturated carbocycles. The van der Waals surface area contributed by atoms with Crippen LogP contribution in [0.25, 0.3) is 0 Å². The normalized spacial score (nSPS) is 26.3. The molecule has 3 aliphatic rings. The van der Waals surface area contributed by atoms with E-state index in [1.807, 2.05) is 0 Å². The second-order valence-corrected chi connectivity index (χ2v) is 6.84. The van der Waals surface area contributed by atoms with Gasteiger partial charge in [-0.3, -0.25) is 0 Å². The van der Waals surface area contributed by atoms with Crippen LogP contribution in [0.3, 0.4) is 0 Å². The van der Waals surface area contributed by atoms with Crippen molar-refractivity contribution >= 4 is 28.4 Å². The summed E-state index contributed by atoms with van der Waals surface area (Å²) in [6.45, 7) is 6.64. The van der Waals surface area contributed by atoms with E-state index in [1.165, 1.54) is 15.7 Å². The average molecular weight is 358 g/mol. The molecule has 98 valence electrons. The first-order chi connectivity index (χ1) is 8.63. The van der Waals surface area contributed by atoms with E-state index in [1.54, 1.807) is 6.33 Å². The number of nitrogens with zero attached hydrogens (tertiary/aromatic N) is 3. The SMILES string of the molecule is CC(C)Cc1ncnc(N2CC3CC(C2)N3)c1I. The summed E-state index contributed by atoms with van der Waals surface area (Å²) in [5.74, 6) is 1.77. The molecule has 0 radical (unpaired) electrons. The predicted octanol–water partition coefficient (Wildman–Crippen LogP) is 1.83. The van der Waals surface area contributed by atoms with Gasteiger partial charge in [0, 0.05) is 25.2 Å². The Morgan fingerprint density at radius 2 is 2.06 bits per heavy atom. The monoisotopic (exact) mass is 358 g/mol. The molecule has 4 heterocycles. The second kappa shape index (κ2) is 4.92. The number of hydrogen-bond donors (Lipinski definition) is 1. The summed E-state index contributed by atoms with van der Waals surface area (Å²) in [7, 11) is 0. The molecule has 0 spiro atoms. The van der Waals surface area contributed by atoms with E-state index in [4.69, 9.17) is 0 Å². The Labute approximate surface area is 122 Å². The lowest BCUT2D eigenvalue weighted by Crippen LogP contribution is -2.67. The molecule has 5 heteroatoms. The zero-order valence-electron chi connectivity index (χ0n) is 10.9. The highest BCUT2D eigenvalue weighted by molar-refractivity contribution is 14.1. The number of piperazine rings is 1. The third kappa shape index (κ3) is 2.34.